The van der Waals surface area contributed by atoms with Crippen LogP contribution in [0, 0.1) is 5.82 Å². The second-order valence-electron chi connectivity index (χ2n) is 1.33. The zero-order chi connectivity index (χ0) is 5.98. The molecular weight excluding hydrogens is 238 g/mol. The molecule has 0 bridgehead atoms. The Labute approximate surface area is 64.9 Å². The molecule has 0 aromatic carbocycles. The van der Waals surface area contributed by atoms with E-state index >= 15 is 0 Å². The molecule has 0 N–H and O–H groups in total. The minimum atomic E-state index is -0.0654. The standard InChI is InChI=1S/C5H4FIS/c6-4-1-2-8-5(4)3-7/h1-2H,3H2. The fourth-order valence-electron chi connectivity index (χ4n) is 0.420. The Morgan fingerprint density at radius 1 is 1.75 bits per heavy atom. The van der Waals surface area contributed by atoms with Crippen molar-refractivity contribution in [3.05, 3.63) is 22.1 Å². The van der Waals surface area contributed by atoms with E-state index in [4.69, 9.17) is 0 Å². The van der Waals surface area contributed by atoms with E-state index in [9.17, 15) is 4.39 Å². The Morgan fingerprint density at radius 3 is 2.75 bits per heavy atom. The zero-order valence-corrected chi connectivity index (χ0v) is 7.00. The third-order valence-electron chi connectivity index (χ3n) is 0.812. The normalized spacial score (nSPS) is 9.75. The summed E-state index contributed by atoms with van der Waals surface area (Å²) in [5.74, 6) is -0.0654. The van der Waals surface area contributed by atoms with Crippen LogP contribution >= 0.6 is 33.9 Å². The average Bonchev–Trinajstić information content (AvgIpc) is 2.14. The highest BCUT2D eigenvalue weighted by molar-refractivity contribution is 14.1. The molecule has 8 heavy (non-hydrogen) atoms. The number of rotatable bonds is 1. The summed E-state index contributed by atoms with van der Waals surface area (Å²) in [6, 6.07) is 1.50. The van der Waals surface area contributed by atoms with Crippen LogP contribution in [0.2, 0.25) is 0 Å². The van der Waals surface area contributed by atoms with Gasteiger partial charge < -0.3 is 0 Å². The second kappa shape index (κ2) is 2.77. The molecule has 1 heterocycles. The highest BCUT2D eigenvalue weighted by atomic mass is 127. The summed E-state index contributed by atoms with van der Waals surface area (Å²) in [5, 5.41) is 1.77. The van der Waals surface area contributed by atoms with E-state index in [-0.39, 0.29) is 5.82 Å². The van der Waals surface area contributed by atoms with Gasteiger partial charge in [0.15, 0.2) is 0 Å². The lowest BCUT2D eigenvalue weighted by Crippen LogP contribution is -1.70. The quantitative estimate of drug-likeness (QED) is 0.524. The highest BCUT2D eigenvalue weighted by Crippen LogP contribution is 2.17. The minimum Gasteiger partial charge on any atom is -0.206 e. The van der Waals surface area contributed by atoms with E-state index in [0.29, 0.717) is 0 Å². The first kappa shape index (κ1) is 6.48. The first-order chi connectivity index (χ1) is 3.84. The first-order valence-corrected chi connectivity index (χ1v) is 4.53. The molecule has 0 spiro atoms. The van der Waals surface area contributed by atoms with Crippen LogP contribution in [-0.4, -0.2) is 0 Å². The summed E-state index contributed by atoms with van der Waals surface area (Å²) < 4.78 is 13.1. The van der Waals surface area contributed by atoms with Crippen molar-refractivity contribution in [2.75, 3.05) is 0 Å². The number of hydrogen-bond donors (Lipinski definition) is 0. The summed E-state index contributed by atoms with van der Waals surface area (Å²) in [6.07, 6.45) is 0. The van der Waals surface area contributed by atoms with Crippen molar-refractivity contribution in [1.29, 1.82) is 0 Å². The van der Waals surface area contributed by atoms with Crippen LogP contribution in [0.15, 0.2) is 11.4 Å². The summed E-state index contributed by atoms with van der Waals surface area (Å²) in [7, 11) is 0. The highest BCUT2D eigenvalue weighted by Gasteiger charge is 1.98. The number of halogens is 2. The molecule has 0 radical (unpaired) electrons. The van der Waals surface area contributed by atoms with Gasteiger partial charge in [0.2, 0.25) is 0 Å². The molecule has 0 aliphatic heterocycles. The molecule has 0 amide bonds. The van der Waals surface area contributed by atoms with E-state index in [0.717, 1.165) is 9.30 Å². The average molecular weight is 242 g/mol. The Morgan fingerprint density at radius 2 is 2.50 bits per heavy atom. The van der Waals surface area contributed by atoms with E-state index in [1.807, 2.05) is 0 Å². The molecule has 0 saturated heterocycles. The fourth-order valence-corrected chi connectivity index (χ4v) is 1.92. The van der Waals surface area contributed by atoms with Gasteiger partial charge in [0.1, 0.15) is 5.82 Å². The van der Waals surface area contributed by atoms with Crippen LogP contribution in [0.3, 0.4) is 0 Å². The summed E-state index contributed by atoms with van der Waals surface area (Å²) in [6.45, 7) is 0. The molecule has 0 saturated carbocycles. The molecule has 0 aliphatic rings. The number of alkyl halides is 1. The van der Waals surface area contributed by atoms with Gasteiger partial charge in [-0.2, -0.15) is 0 Å². The molecule has 1 rings (SSSR count). The Kier molecular flexibility index (Phi) is 2.25. The molecule has 3 heteroatoms. The number of hydrogen-bond acceptors (Lipinski definition) is 1. The monoisotopic (exact) mass is 242 g/mol. The zero-order valence-electron chi connectivity index (χ0n) is 4.03. The van der Waals surface area contributed by atoms with Gasteiger partial charge in [-0.05, 0) is 11.4 Å². The lowest BCUT2D eigenvalue weighted by atomic mass is 10.5. The Balaban J connectivity index is 2.92. The van der Waals surface area contributed by atoms with Crippen molar-refractivity contribution in [1.82, 2.24) is 0 Å². The minimum absolute atomic E-state index is 0.0654. The summed E-state index contributed by atoms with van der Waals surface area (Å²) in [4.78, 5) is 0.839. The van der Waals surface area contributed by atoms with Gasteiger partial charge in [-0.3, -0.25) is 0 Å². The summed E-state index contributed by atoms with van der Waals surface area (Å²) >= 11 is 3.61. The van der Waals surface area contributed by atoms with Gasteiger partial charge in [0.05, 0.1) is 0 Å². The largest absolute Gasteiger partial charge is 0.206 e. The van der Waals surface area contributed by atoms with Crippen LogP contribution in [0.5, 0.6) is 0 Å². The maximum Gasteiger partial charge on any atom is 0.137 e. The van der Waals surface area contributed by atoms with Crippen LogP contribution in [0.25, 0.3) is 0 Å². The molecule has 0 nitrogen and oxygen atoms in total. The maximum absolute atomic E-state index is 12.4. The molecular formula is C5H4FIS. The third-order valence-corrected chi connectivity index (χ3v) is 2.99. The predicted molar refractivity (Wildman–Crippen MR) is 42.0 cm³/mol. The topological polar surface area (TPSA) is 0 Å². The molecule has 0 atom stereocenters. The van der Waals surface area contributed by atoms with Crippen molar-refractivity contribution < 1.29 is 4.39 Å². The van der Waals surface area contributed by atoms with Crippen molar-refractivity contribution >= 4 is 33.9 Å². The molecule has 1 aromatic heterocycles. The van der Waals surface area contributed by atoms with Crippen molar-refractivity contribution in [3.63, 3.8) is 0 Å². The Hall–Kier alpha value is 0.360. The second-order valence-corrected chi connectivity index (χ2v) is 3.09. The Bertz CT molecular complexity index is 173. The van der Waals surface area contributed by atoms with Gasteiger partial charge >= 0.3 is 0 Å². The lowest BCUT2D eigenvalue weighted by Gasteiger charge is -1.82. The van der Waals surface area contributed by atoms with Gasteiger partial charge in [-0.25, -0.2) is 4.39 Å². The van der Waals surface area contributed by atoms with Gasteiger partial charge in [-0.1, -0.05) is 22.6 Å². The molecule has 0 fully saturated rings. The molecule has 1 aromatic rings. The summed E-state index contributed by atoms with van der Waals surface area (Å²) in [5.41, 5.74) is 0. The SMILES string of the molecule is Fc1ccsc1CI. The van der Waals surface area contributed by atoms with E-state index < -0.39 is 0 Å². The maximum atomic E-state index is 12.4. The molecule has 0 aliphatic carbocycles. The lowest BCUT2D eigenvalue weighted by molar-refractivity contribution is 0.625. The van der Waals surface area contributed by atoms with E-state index in [2.05, 4.69) is 22.6 Å². The fraction of sp³-hybridized carbons (Fsp3) is 0.200. The van der Waals surface area contributed by atoms with Crippen LogP contribution in [-0.2, 0) is 4.43 Å². The third kappa shape index (κ3) is 1.20. The van der Waals surface area contributed by atoms with Crippen molar-refractivity contribution in [3.8, 4) is 0 Å². The van der Waals surface area contributed by atoms with E-state index in [1.165, 1.54) is 17.4 Å². The smallest absolute Gasteiger partial charge is 0.137 e. The molecule has 0 unspecified atom stereocenters. The molecule has 44 valence electrons. The number of thiophene rings is 1. The van der Waals surface area contributed by atoms with Gasteiger partial charge in [0.25, 0.3) is 0 Å². The van der Waals surface area contributed by atoms with Gasteiger partial charge in [0, 0.05) is 9.30 Å². The van der Waals surface area contributed by atoms with Crippen LogP contribution in [0.4, 0.5) is 4.39 Å². The van der Waals surface area contributed by atoms with E-state index in [1.54, 1.807) is 5.38 Å². The van der Waals surface area contributed by atoms with Crippen molar-refractivity contribution in [2.45, 2.75) is 4.43 Å². The van der Waals surface area contributed by atoms with Crippen LogP contribution in [0.1, 0.15) is 4.88 Å². The predicted octanol–water partition coefficient (Wildman–Crippen LogP) is 2.82. The van der Waals surface area contributed by atoms with Crippen molar-refractivity contribution in [2.24, 2.45) is 0 Å². The first-order valence-electron chi connectivity index (χ1n) is 2.12. The van der Waals surface area contributed by atoms with Gasteiger partial charge in [-0.15, -0.1) is 11.3 Å². The van der Waals surface area contributed by atoms with Crippen LogP contribution < -0.4 is 0 Å².